The van der Waals surface area contributed by atoms with Crippen molar-refractivity contribution in [2.75, 3.05) is 0 Å². The number of nitrogens with zero attached hydrogens (tertiary/aromatic N) is 4. The molecule has 0 N–H and O–H groups in total. The number of hydrogen-bond donors (Lipinski definition) is 0. The monoisotopic (exact) mass is 772 g/mol. The van der Waals surface area contributed by atoms with Gasteiger partial charge >= 0.3 is 0 Å². The van der Waals surface area contributed by atoms with Crippen molar-refractivity contribution in [3.05, 3.63) is 187 Å². The third-order valence-corrected chi connectivity index (χ3v) is 14.3. The quantitative estimate of drug-likeness (QED) is 0.154. The number of fused-ring (bicyclic) bond motifs is 1. The van der Waals surface area contributed by atoms with Crippen molar-refractivity contribution in [2.24, 2.45) is 17.3 Å². The van der Waals surface area contributed by atoms with E-state index in [0.29, 0.717) is 33.9 Å². The number of aromatic nitrogens is 3. The summed E-state index contributed by atoms with van der Waals surface area (Å²) >= 11 is 0. The van der Waals surface area contributed by atoms with Gasteiger partial charge in [-0.1, -0.05) is 165 Å². The lowest BCUT2D eigenvalue weighted by atomic mass is 9.72. The van der Waals surface area contributed by atoms with Crippen molar-refractivity contribution >= 4 is 0 Å². The Kier molecular flexibility index (Phi) is 8.67. The van der Waals surface area contributed by atoms with Crippen LogP contribution in [0.3, 0.4) is 0 Å². The summed E-state index contributed by atoms with van der Waals surface area (Å²) in [4.78, 5) is 15.8. The molecule has 4 nitrogen and oxygen atoms in total. The zero-order valence-electron chi connectivity index (χ0n) is 33.7. The zero-order chi connectivity index (χ0) is 40.3. The van der Waals surface area contributed by atoms with Crippen LogP contribution < -0.4 is 0 Å². The fraction of sp³-hybridized carbons (Fsp3) is 0.179. The standard InChI is InChI=1S/C56H44N4/c1-55-36-56(33-44(55)28-29-45(55)34-56)43-26-23-40(24-27-43)48-30-25-42(32-51(48)41-18-12-13-37(31-41)35-57)52-58-53(49-21-10-8-19-46(49)38-14-4-2-5-15-38)60-54(59-52)50-22-11-9-20-47(50)39-16-6-3-7-17-39/h2-27,30-32,44-45H,28-29,33-34,36H2,1H3/t44-,45+,55?,56?. The van der Waals surface area contributed by atoms with Crippen molar-refractivity contribution in [2.45, 2.75) is 44.4 Å². The average Bonchev–Trinajstić information content (AvgIpc) is 3.83. The predicted octanol–water partition coefficient (Wildman–Crippen LogP) is 13.9. The summed E-state index contributed by atoms with van der Waals surface area (Å²) in [6.07, 6.45) is 6.81. The van der Waals surface area contributed by atoms with Gasteiger partial charge in [0.15, 0.2) is 17.5 Å². The molecule has 11 rings (SSSR count). The molecule has 3 aliphatic carbocycles. The molecule has 3 fully saturated rings. The summed E-state index contributed by atoms with van der Waals surface area (Å²) in [6, 6.07) is 63.8. The Bertz CT molecular complexity index is 2830. The van der Waals surface area contributed by atoms with Crippen molar-refractivity contribution in [3.8, 4) is 84.7 Å². The molecule has 1 aromatic heterocycles. The van der Waals surface area contributed by atoms with E-state index in [1.165, 1.54) is 37.7 Å². The fourth-order valence-corrected chi connectivity index (χ4v) is 11.4. The van der Waals surface area contributed by atoms with Gasteiger partial charge in [-0.2, -0.15) is 5.26 Å². The van der Waals surface area contributed by atoms with Crippen LogP contribution in [0.15, 0.2) is 176 Å². The first-order valence-electron chi connectivity index (χ1n) is 21.3. The third-order valence-electron chi connectivity index (χ3n) is 14.3. The Hall–Kier alpha value is -6.96. The van der Waals surface area contributed by atoms with Crippen molar-refractivity contribution in [3.63, 3.8) is 0 Å². The van der Waals surface area contributed by atoms with E-state index in [9.17, 15) is 5.26 Å². The van der Waals surface area contributed by atoms with Gasteiger partial charge in [0.25, 0.3) is 0 Å². The molecule has 0 saturated heterocycles. The molecule has 0 aliphatic heterocycles. The first-order chi connectivity index (χ1) is 29.5. The van der Waals surface area contributed by atoms with Gasteiger partial charge in [-0.3, -0.25) is 0 Å². The van der Waals surface area contributed by atoms with Gasteiger partial charge in [-0.25, -0.2) is 15.0 Å². The van der Waals surface area contributed by atoms with Crippen LogP contribution in [0.5, 0.6) is 0 Å². The summed E-state index contributed by atoms with van der Waals surface area (Å²) < 4.78 is 0. The Morgan fingerprint density at radius 3 is 1.50 bits per heavy atom. The lowest BCUT2D eigenvalue weighted by Crippen LogP contribution is -2.26. The van der Waals surface area contributed by atoms with E-state index in [1.807, 2.05) is 42.5 Å². The molecule has 2 bridgehead atoms. The zero-order valence-corrected chi connectivity index (χ0v) is 33.7. The maximum atomic E-state index is 9.98. The molecule has 3 saturated carbocycles. The molecule has 3 aliphatic rings. The van der Waals surface area contributed by atoms with Crippen LogP contribution in [-0.2, 0) is 5.41 Å². The van der Waals surface area contributed by atoms with E-state index in [1.54, 1.807) is 0 Å². The maximum absolute atomic E-state index is 9.98. The minimum atomic E-state index is 0.319. The fourth-order valence-electron chi connectivity index (χ4n) is 11.4. The normalized spacial score (nSPS) is 21.2. The molecule has 1 heterocycles. The van der Waals surface area contributed by atoms with E-state index in [-0.39, 0.29) is 0 Å². The molecule has 0 radical (unpaired) electrons. The molecule has 2 unspecified atom stereocenters. The highest BCUT2D eigenvalue weighted by atomic mass is 15.0. The second kappa shape index (κ2) is 14.4. The molecule has 60 heavy (non-hydrogen) atoms. The molecule has 4 heteroatoms. The van der Waals surface area contributed by atoms with Crippen LogP contribution in [0.2, 0.25) is 0 Å². The molecule has 288 valence electrons. The minimum Gasteiger partial charge on any atom is -0.208 e. The van der Waals surface area contributed by atoms with E-state index >= 15 is 0 Å². The SMILES string of the molecule is CC12CC3(c4ccc(-c5ccc(-c6nc(-c7ccccc7-c7ccccc7)nc(-c7ccccc7-c7ccccc7)n6)cc5-c5cccc(C#N)c5)cc4)C[C@H]1CC[C@H]2C3. The number of nitriles is 1. The highest BCUT2D eigenvalue weighted by molar-refractivity contribution is 5.88. The van der Waals surface area contributed by atoms with Crippen molar-refractivity contribution in [1.82, 2.24) is 15.0 Å². The second-order valence-electron chi connectivity index (χ2n) is 17.5. The van der Waals surface area contributed by atoms with Gasteiger partial charge in [0.2, 0.25) is 0 Å². The molecule has 4 atom stereocenters. The van der Waals surface area contributed by atoms with Gasteiger partial charge < -0.3 is 0 Å². The highest BCUT2D eigenvalue weighted by Gasteiger charge is 2.65. The van der Waals surface area contributed by atoms with Crippen LogP contribution in [0, 0.1) is 28.6 Å². The van der Waals surface area contributed by atoms with Crippen LogP contribution >= 0.6 is 0 Å². The summed E-state index contributed by atoms with van der Waals surface area (Å²) in [5, 5.41) is 9.98. The lowest BCUT2D eigenvalue weighted by molar-refractivity contribution is 0.195. The Balaban J connectivity index is 1.07. The van der Waals surface area contributed by atoms with Crippen LogP contribution in [0.25, 0.3) is 78.7 Å². The number of benzene rings is 7. The molecule has 0 amide bonds. The van der Waals surface area contributed by atoms with Crippen molar-refractivity contribution in [1.29, 1.82) is 5.26 Å². The van der Waals surface area contributed by atoms with Crippen molar-refractivity contribution < 1.29 is 0 Å². The molecular formula is C56H44N4. The maximum Gasteiger partial charge on any atom is 0.164 e. The Labute approximate surface area is 352 Å². The van der Waals surface area contributed by atoms with E-state index in [2.05, 4.69) is 146 Å². The molecule has 7 aromatic carbocycles. The topological polar surface area (TPSA) is 62.5 Å². The molecular weight excluding hydrogens is 729 g/mol. The lowest BCUT2D eigenvalue weighted by Gasteiger charge is -2.33. The van der Waals surface area contributed by atoms with E-state index in [4.69, 9.17) is 15.0 Å². The highest BCUT2D eigenvalue weighted by Crippen LogP contribution is 2.72. The average molecular weight is 773 g/mol. The third kappa shape index (κ3) is 6.08. The summed E-state index contributed by atoms with van der Waals surface area (Å²) in [5.74, 6) is 3.54. The van der Waals surface area contributed by atoms with Crippen LogP contribution in [0.4, 0.5) is 0 Å². The van der Waals surface area contributed by atoms with Crippen LogP contribution in [0.1, 0.15) is 50.2 Å². The minimum absolute atomic E-state index is 0.319. The predicted molar refractivity (Wildman–Crippen MR) is 242 cm³/mol. The van der Waals surface area contributed by atoms with E-state index in [0.717, 1.165) is 73.0 Å². The summed E-state index contributed by atoms with van der Waals surface area (Å²) in [7, 11) is 0. The number of hydrogen-bond acceptors (Lipinski definition) is 4. The van der Waals surface area contributed by atoms with Gasteiger partial charge in [0.1, 0.15) is 0 Å². The summed E-state index contributed by atoms with van der Waals surface area (Å²) in [5.41, 5.74) is 14.3. The number of rotatable bonds is 8. The molecule has 8 aromatic rings. The van der Waals surface area contributed by atoms with Gasteiger partial charge in [0.05, 0.1) is 11.6 Å². The van der Waals surface area contributed by atoms with Gasteiger partial charge in [0, 0.05) is 16.7 Å². The smallest absolute Gasteiger partial charge is 0.164 e. The Morgan fingerprint density at radius 2 is 0.933 bits per heavy atom. The first-order valence-corrected chi connectivity index (χ1v) is 21.3. The Morgan fingerprint density at radius 1 is 0.450 bits per heavy atom. The van der Waals surface area contributed by atoms with E-state index < -0.39 is 0 Å². The van der Waals surface area contributed by atoms with Gasteiger partial charge in [-0.05, 0) is 123 Å². The molecule has 0 spiro atoms. The second-order valence-corrected chi connectivity index (χ2v) is 17.5. The van der Waals surface area contributed by atoms with Gasteiger partial charge in [-0.15, -0.1) is 0 Å². The summed E-state index contributed by atoms with van der Waals surface area (Å²) in [6.45, 7) is 2.57. The largest absolute Gasteiger partial charge is 0.208 e. The van der Waals surface area contributed by atoms with Crippen LogP contribution in [-0.4, -0.2) is 15.0 Å². The first kappa shape index (κ1) is 36.1.